The van der Waals surface area contributed by atoms with E-state index in [4.69, 9.17) is 0 Å². The monoisotopic (exact) mass is 533 g/mol. The summed E-state index contributed by atoms with van der Waals surface area (Å²) < 4.78 is 2.09. The molecule has 210 valence electrons. The Hall–Kier alpha value is -2.87. The number of aliphatic hydroxyl groups is 1. The number of benzene rings is 1. The number of fused-ring (bicyclic) bond motifs is 1. The third-order valence-electron chi connectivity index (χ3n) is 9.88. The molecule has 2 aliphatic carbocycles. The molecule has 1 unspecified atom stereocenters. The molecule has 8 nitrogen and oxygen atoms in total. The van der Waals surface area contributed by atoms with Crippen LogP contribution in [0.3, 0.4) is 0 Å². The topological polar surface area (TPSA) is 90.7 Å². The van der Waals surface area contributed by atoms with Crippen molar-refractivity contribution < 1.29 is 14.7 Å². The van der Waals surface area contributed by atoms with Crippen LogP contribution in [0.2, 0.25) is 0 Å². The number of nitrogens with zero attached hydrogens (tertiary/aromatic N) is 4. The van der Waals surface area contributed by atoms with E-state index in [9.17, 15) is 14.7 Å². The van der Waals surface area contributed by atoms with Gasteiger partial charge >= 0.3 is 0 Å². The van der Waals surface area contributed by atoms with E-state index in [0.29, 0.717) is 44.6 Å². The van der Waals surface area contributed by atoms with E-state index < -0.39 is 5.60 Å². The summed E-state index contributed by atoms with van der Waals surface area (Å²) >= 11 is 0. The van der Waals surface area contributed by atoms with Gasteiger partial charge in [-0.05, 0) is 49.8 Å². The van der Waals surface area contributed by atoms with Gasteiger partial charge in [-0.25, -0.2) is 4.98 Å². The lowest BCUT2D eigenvalue weighted by Gasteiger charge is -2.46. The Morgan fingerprint density at radius 3 is 2.05 bits per heavy atom. The van der Waals surface area contributed by atoms with Crippen molar-refractivity contribution in [2.75, 3.05) is 31.6 Å². The van der Waals surface area contributed by atoms with E-state index in [0.717, 1.165) is 18.7 Å². The first kappa shape index (κ1) is 26.4. The van der Waals surface area contributed by atoms with Gasteiger partial charge in [0.15, 0.2) is 0 Å². The average Bonchev–Trinajstić information content (AvgIpc) is 3.41. The molecule has 1 saturated heterocycles. The lowest BCUT2D eigenvalue weighted by molar-refractivity contribution is -0.161. The molecule has 1 atom stereocenters. The maximum atomic E-state index is 13.4. The second kappa shape index (κ2) is 11.0. The van der Waals surface area contributed by atoms with Crippen LogP contribution < -0.4 is 5.43 Å². The van der Waals surface area contributed by atoms with Crippen molar-refractivity contribution in [3.05, 3.63) is 53.6 Å². The van der Waals surface area contributed by atoms with Crippen LogP contribution in [0.15, 0.2) is 36.7 Å². The Balaban J connectivity index is 1.16. The van der Waals surface area contributed by atoms with Crippen LogP contribution >= 0.6 is 0 Å². The number of hydrogen-bond acceptors (Lipinski definition) is 5. The fraction of sp³-hybridized carbons (Fsp3) is 0.645. The van der Waals surface area contributed by atoms with Crippen LogP contribution in [-0.2, 0) is 11.2 Å². The molecular weight excluding hydrogens is 490 g/mol. The molecule has 0 radical (unpaired) electrons. The molecule has 1 aromatic carbocycles. The summed E-state index contributed by atoms with van der Waals surface area (Å²) in [6.45, 7) is 1.96. The zero-order valence-electron chi connectivity index (χ0n) is 23.1. The molecule has 8 heteroatoms. The number of carbonyl (C=O) groups excluding carboxylic acids is 2. The second-order valence-corrected chi connectivity index (χ2v) is 12.4. The Morgan fingerprint density at radius 1 is 0.821 bits per heavy atom. The zero-order chi connectivity index (χ0) is 26.9. The molecule has 2 aliphatic heterocycles. The maximum Gasteiger partial charge on any atom is 0.254 e. The van der Waals surface area contributed by atoms with Crippen molar-refractivity contribution in [3.63, 3.8) is 0 Å². The second-order valence-electron chi connectivity index (χ2n) is 12.4. The van der Waals surface area contributed by atoms with Gasteiger partial charge in [0.1, 0.15) is 11.4 Å². The minimum Gasteiger partial charge on any atom is -0.380 e. The van der Waals surface area contributed by atoms with Gasteiger partial charge < -0.3 is 20.3 Å². The van der Waals surface area contributed by atoms with Gasteiger partial charge in [-0.15, -0.1) is 0 Å². The number of piperazine rings is 1. The number of imidazole rings is 1. The van der Waals surface area contributed by atoms with Crippen LogP contribution in [0.1, 0.15) is 105 Å². The molecular formula is C31H43N5O3. The molecule has 3 heterocycles. The van der Waals surface area contributed by atoms with Crippen molar-refractivity contribution in [2.45, 2.75) is 95.1 Å². The van der Waals surface area contributed by atoms with E-state index in [1.54, 1.807) is 4.90 Å². The molecule has 2 aromatic rings. The molecule has 2 amide bonds. The highest BCUT2D eigenvalue weighted by molar-refractivity contribution is 5.94. The summed E-state index contributed by atoms with van der Waals surface area (Å²) in [5.74, 6) is 0.968. The minimum absolute atomic E-state index is 0.0120. The number of nitrogens with one attached hydrogen (secondary N) is 1. The van der Waals surface area contributed by atoms with Crippen molar-refractivity contribution in [3.8, 4) is 0 Å². The highest BCUT2D eigenvalue weighted by Crippen LogP contribution is 2.48. The number of aromatic nitrogens is 2. The Kier molecular flexibility index (Phi) is 7.40. The molecule has 39 heavy (non-hydrogen) atoms. The summed E-state index contributed by atoms with van der Waals surface area (Å²) in [6, 6.07) is 8.41. The summed E-state index contributed by atoms with van der Waals surface area (Å²) in [6.07, 6.45) is 18.4. The SMILES string of the molecule is O=C(c1ccc(C2Nn3ccnc3CC23CCCCCCCCC3)cc1)N1CCN(C(=O)C2(O)CCC2)CC1. The van der Waals surface area contributed by atoms with Crippen molar-refractivity contribution in [1.82, 2.24) is 19.5 Å². The summed E-state index contributed by atoms with van der Waals surface area (Å²) in [4.78, 5) is 34.2. The van der Waals surface area contributed by atoms with Crippen LogP contribution in [0, 0.1) is 5.41 Å². The quantitative estimate of drug-likeness (QED) is 0.609. The average molecular weight is 534 g/mol. The maximum absolute atomic E-state index is 13.4. The third-order valence-corrected chi connectivity index (χ3v) is 9.88. The van der Waals surface area contributed by atoms with Gasteiger partial charge in [-0.2, -0.15) is 0 Å². The van der Waals surface area contributed by atoms with Gasteiger partial charge in [0.2, 0.25) is 0 Å². The van der Waals surface area contributed by atoms with Crippen molar-refractivity contribution in [1.29, 1.82) is 0 Å². The van der Waals surface area contributed by atoms with Gasteiger partial charge in [-0.3, -0.25) is 14.3 Å². The van der Waals surface area contributed by atoms with Crippen LogP contribution in [0.4, 0.5) is 0 Å². The van der Waals surface area contributed by atoms with Gasteiger partial charge in [0.05, 0.1) is 6.04 Å². The van der Waals surface area contributed by atoms with E-state index in [1.807, 2.05) is 29.4 Å². The zero-order valence-corrected chi connectivity index (χ0v) is 23.1. The number of hydrogen-bond donors (Lipinski definition) is 2. The van der Waals surface area contributed by atoms with Crippen LogP contribution in [0.5, 0.6) is 0 Å². The van der Waals surface area contributed by atoms with E-state index in [1.165, 1.54) is 63.4 Å². The summed E-state index contributed by atoms with van der Waals surface area (Å²) in [5.41, 5.74) is 4.66. The first-order valence-corrected chi connectivity index (χ1v) is 15.2. The predicted octanol–water partition coefficient (Wildman–Crippen LogP) is 4.43. The van der Waals surface area contributed by atoms with Crippen LogP contribution in [0.25, 0.3) is 0 Å². The normalized spacial score (nSPS) is 24.8. The molecule has 6 rings (SSSR count). The summed E-state index contributed by atoms with van der Waals surface area (Å²) in [5, 5.41) is 10.4. The lowest BCUT2D eigenvalue weighted by Crippen LogP contribution is -2.58. The smallest absolute Gasteiger partial charge is 0.254 e. The van der Waals surface area contributed by atoms with E-state index in [-0.39, 0.29) is 23.3 Å². The van der Waals surface area contributed by atoms with Crippen LogP contribution in [-0.4, -0.2) is 68.2 Å². The molecule has 1 spiro atoms. The molecule has 2 N–H and O–H groups in total. The molecule has 0 bridgehead atoms. The Bertz CT molecular complexity index is 1150. The van der Waals surface area contributed by atoms with Gasteiger partial charge in [0.25, 0.3) is 11.8 Å². The fourth-order valence-electron chi connectivity index (χ4n) is 7.27. The number of amides is 2. The lowest BCUT2D eigenvalue weighted by atomic mass is 9.66. The standard InChI is InChI=1S/C31H43N5O3/c37-28(34-19-21-35(22-20-34)29(38)31(39)15-8-16-31)25-11-9-24(10-12-25)27-30(23-26-32-17-18-36(26)33-27)13-6-4-2-1-3-5-7-14-30/h9-12,17-18,27,33,39H,1-8,13-16,19-23H2. The Labute approximate surface area is 231 Å². The first-order valence-electron chi connectivity index (χ1n) is 15.2. The van der Waals surface area contributed by atoms with E-state index in [2.05, 4.69) is 27.2 Å². The first-order chi connectivity index (χ1) is 19.0. The number of carbonyl (C=O) groups is 2. The summed E-state index contributed by atoms with van der Waals surface area (Å²) in [7, 11) is 0. The predicted molar refractivity (Wildman–Crippen MR) is 150 cm³/mol. The molecule has 1 aromatic heterocycles. The largest absolute Gasteiger partial charge is 0.380 e. The fourth-order valence-corrected chi connectivity index (χ4v) is 7.27. The number of rotatable bonds is 3. The molecule has 2 saturated carbocycles. The highest BCUT2D eigenvalue weighted by Gasteiger charge is 2.45. The third kappa shape index (κ3) is 5.20. The van der Waals surface area contributed by atoms with Crippen molar-refractivity contribution >= 4 is 11.8 Å². The van der Waals surface area contributed by atoms with Crippen molar-refractivity contribution in [2.24, 2.45) is 5.41 Å². The van der Waals surface area contributed by atoms with Gasteiger partial charge in [0, 0.05) is 56.0 Å². The minimum atomic E-state index is -1.17. The highest BCUT2D eigenvalue weighted by atomic mass is 16.3. The molecule has 4 aliphatic rings. The molecule has 3 fully saturated rings. The Morgan fingerprint density at radius 2 is 1.44 bits per heavy atom. The van der Waals surface area contributed by atoms with E-state index >= 15 is 0 Å². The van der Waals surface area contributed by atoms with Gasteiger partial charge in [-0.1, -0.05) is 57.1 Å².